The number of rotatable bonds is 5. The Morgan fingerprint density at radius 2 is 2.00 bits per heavy atom. The Morgan fingerprint density at radius 3 is 2.83 bits per heavy atom. The second kappa shape index (κ2) is 7.51. The van der Waals surface area contributed by atoms with Gasteiger partial charge in [0.1, 0.15) is 18.0 Å². The second-order valence-corrected chi connectivity index (χ2v) is 6.38. The SMILES string of the molecule is COc1ccccc1NC(=O)Cn1c(O)c(C=C2C=Nc3ccccc32)[nH]c1=O. The number of H-pyrrole nitrogens is 1. The van der Waals surface area contributed by atoms with Crippen molar-refractivity contribution in [1.29, 1.82) is 0 Å². The van der Waals surface area contributed by atoms with E-state index in [0.29, 0.717) is 11.4 Å². The molecule has 0 aliphatic carbocycles. The first kappa shape index (κ1) is 18.3. The first-order valence-electron chi connectivity index (χ1n) is 8.86. The molecular formula is C21H18N4O4. The summed E-state index contributed by atoms with van der Waals surface area (Å²) in [6, 6.07) is 14.5. The fraction of sp³-hybridized carbons (Fsp3) is 0.0952. The molecular weight excluding hydrogens is 372 g/mol. The highest BCUT2D eigenvalue weighted by Crippen LogP contribution is 2.32. The number of aromatic hydroxyl groups is 1. The molecule has 0 radical (unpaired) electrons. The van der Waals surface area contributed by atoms with Gasteiger partial charge in [0.15, 0.2) is 0 Å². The molecule has 0 saturated carbocycles. The summed E-state index contributed by atoms with van der Waals surface area (Å²) >= 11 is 0. The van der Waals surface area contributed by atoms with Crippen molar-refractivity contribution in [1.82, 2.24) is 9.55 Å². The molecule has 1 amide bonds. The number of benzene rings is 2. The summed E-state index contributed by atoms with van der Waals surface area (Å²) in [5.74, 6) is -0.301. The number of allylic oxidation sites excluding steroid dienone is 1. The molecule has 1 aliphatic rings. The Morgan fingerprint density at radius 1 is 1.24 bits per heavy atom. The Balaban J connectivity index is 1.57. The van der Waals surface area contributed by atoms with Gasteiger partial charge in [-0.25, -0.2) is 4.79 Å². The molecule has 4 rings (SSSR count). The van der Waals surface area contributed by atoms with E-state index in [0.717, 1.165) is 21.4 Å². The summed E-state index contributed by atoms with van der Waals surface area (Å²) in [6.07, 6.45) is 3.29. The van der Waals surface area contributed by atoms with Gasteiger partial charge < -0.3 is 20.1 Å². The molecule has 0 saturated heterocycles. The highest BCUT2D eigenvalue weighted by molar-refractivity contribution is 6.21. The number of imidazole rings is 1. The van der Waals surface area contributed by atoms with Crippen molar-refractivity contribution >= 4 is 35.1 Å². The summed E-state index contributed by atoms with van der Waals surface area (Å²) in [4.78, 5) is 31.5. The fourth-order valence-electron chi connectivity index (χ4n) is 3.12. The van der Waals surface area contributed by atoms with Gasteiger partial charge in [0.05, 0.1) is 18.5 Å². The largest absolute Gasteiger partial charge is 0.495 e. The maximum atomic E-state index is 12.4. The van der Waals surface area contributed by atoms with Crippen LogP contribution in [0.1, 0.15) is 11.3 Å². The molecule has 8 nitrogen and oxygen atoms in total. The van der Waals surface area contributed by atoms with Crippen molar-refractivity contribution in [2.75, 3.05) is 12.4 Å². The second-order valence-electron chi connectivity index (χ2n) is 6.38. The fourth-order valence-corrected chi connectivity index (χ4v) is 3.12. The predicted molar refractivity (Wildman–Crippen MR) is 111 cm³/mol. The maximum absolute atomic E-state index is 12.4. The lowest BCUT2D eigenvalue weighted by atomic mass is 10.1. The Labute approximate surface area is 165 Å². The average Bonchev–Trinajstić information content (AvgIpc) is 3.25. The lowest BCUT2D eigenvalue weighted by Gasteiger charge is -2.10. The van der Waals surface area contributed by atoms with Gasteiger partial charge in [0.25, 0.3) is 0 Å². The van der Waals surface area contributed by atoms with E-state index in [1.54, 1.807) is 36.6 Å². The van der Waals surface area contributed by atoms with Gasteiger partial charge in [0.2, 0.25) is 11.8 Å². The van der Waals surface area contributed by atoms with Crippen LogP contribution in [0.25, 0.3) is 11.6 Å². The number of amides is 1. The van der Waals surface area contributed by atoms with Crippen molar-refractivity contribution in [3.8, 4) is 11.6 Å². The van der Waals surface area contributed by atoms with Crippen LogP contribution < -0.4 is 15.7 Å². The van der Waals surface area contributed by atoms with Gasteiger partial charge in [-0.3, -0.25) is 14.4 Å². The third kappa shape index (κ3) is 3.55. The van der Waals surface area contributed by atoms with E-state index in [4.69, 9.17) is 4.74 Å². The number of nitrogens with zero attached hydrogens (tertiary/aromatic N) is 2. The van der Waals surface area contributed by atoms with Crippen LogP contribution >= 0.6 is 0 Å². The van der Waals surface area contributed by atoms with Gasteiger partial charge in [-0.05, 0) is 24.3 Å². The number of hydrogen-bond acceptors (Lipinski definition) is 5. The third-order valence-corrected chi connectivity index (χ3v) is 4.52. The molecule has 146 valence electrons. The number of para-hydroxylation sites is 3. The standard InChI is InChI=1S/C21H18N4O4/c1-29-18-9-5-4-8-16(18)23-19(26)12-25-20(27)17(24-21(25)28)10-13-11-22-15-7-3-2-6-14(13)15/h2-11,27H,12H2,1H3,(H,23,26)(H,24,28). The number of aliphatic imine (C=N–C) groups is 1. The Kier molecular flexibility index (Phi) is 4.74. The van der Waals surface area contributed by atoms with Gasteiger partial charge in [0, 0.05) is 17.4 Å². The monoisotopic (exact) mass is 390 g/mol. The number of aromatic nitrogens is 2. The van der Waals surface area contributed by atoms with Crippen molar-refractivity contribution in [2.45, 2.75) is 6.54 Å². The van der Waals surface area contributed by atoms with Crippen LogP contribution in [0.15, 0.2) is 58.3 Å². The molecule has 0 unspecified atom stereocenters. The summed E-state index contributed by atoms with van der Waals surface area (Å²) < 4.78 is 6.16. The number of nitrogens with one attached hydrogen (secondary N) is 2. The van der Waals surface area contributed by atoms with Gasteiger partial charge in [-0.15, -0.1) is 0 Å². The van der Waals surface area contributed by atoms with E-state index in [9.17, 15) is 14.7 Å². The Bertz CT molecular complexity index is 1200. The van der Waals surface area contributed by atoms with Crippen molar-refractivity contribution < 1.29 is 14.6 Å². The molecule has 0 fully saturated rings. The number of aromatic amines is 1. The predicted octanol–water partition coefficient (Wildman–Crippen LogP) is 2.79. The first-order chi connectivity index (χ1) is 14.1. The molecule has 29 heavy (non-hydrogen) atoms. The highest BCUT2D eigenvalue weighted by Gasteiger charge is 2.18. The van der Waals surface area contributed by atoms with Gasteiger partial charge >= 0.3 is 5.69 Å². The van der Waals surface area contributed by atoms with E-state index in [1.807, 2.05) is 24.3 Å². The first-order valence-corrected chi connectivity index (χ1v) is 8.86. The van der Waals surface area contributed by atoms with E-state index >= 15 is 0 Å². The van der Waals surface area contributed by atoms with Crippen LogP contribution in [0.4, 0.5) is 11.4 Å². The lowest BCUT2D eigenvalue weighted by molar-refractivity contribution is -0.116. The van der Waals surface area contributed by atoms with Crippen LogP contribution in [0.5, 0.6) is 11.6 Å². The van der Waals surface area contributed by atoms with E-state index < -0.39 is 11.6 Å². The zero-order chi connectivity index (χ0) is 20.4. The number of methoxy groups -OCH3 is 1. The molecule has 0 bridgehead atoms. The maximum Gasteiger partial charge on any atom is 0.329 e. The number of hydrogen-bond donors (Lipinski definition) is 3. The molecule has 0 atom stereocenters. The van der Waals surface area contributed by atoms with Crippen LogP contribution in [-0.4, -0.2) is 33.9 Å². The van der Waals surface area contributed by atoms with Gasteiger partial charge in [-0.1, -0.05) is 30.3 Å². The highest BCUT2D eigenvalue weighted by atomic mass is 16.5. The molecule has 3 N–H and O–H groups in total. The van der Waals surface area contributed by atoms with Crippen LogP contribution in [0.3, 0.4) is 0 Å². The van der Waals surface area contributed by atoms with Crippen LogP contribution in [0.2, 0.25) is 0 Å². The number of anilines is 1. The van der Waals surface area contributed by atoms with Crippen LogP contribution in [-0.2, 0) is 11.3 Å². The zero-order valence-electron chi connectivity index (χ0n) is 15.5. The third-order valence-electron chi connectivity index (χ3n) is 4.52. The summed E-state index contributed by atoms with van der Waals surface area (Å²) in [6.45, 7) is -0.354. The average molecular weight is 390 g/mol. The lowest BCUT2D eigenvalue weighted by Crippen LogP contribution is -2.25. The summed E-state index contributed by atoms with van der Waals surface area (Å²) in [5, 5.41) is 13.1. The Hall–Kier alpha value is -4.07. The topological polar surface area (TPSA) is 109 Å². The van der Waals surface area contributed by atoms with Crippen molar-refractivity contribution in [2.24, 2.45) is 4.99 Å². The smallest absolute Gasteiger partial charge is 0.329 e. The number of fused-ring (bicyclic) bond motifs is 1. The number of carbonyl (C=O) groups is 1. The van der Waals surface area contributed by atoms with E-state index in [-0.39, 0.29) is 18.1 Å². The molecule has 1 aliphatic heterocycles. The normalized spacial score (nSPS) is 13.5. The van der Waals surface area contributed by atoms with Crippen LogP contribution in [0, 0.1) is 0 Å². The minimum Gasteiger partial charge on any atom is -0.495 e. The number of ether oxygens (including phenoxy) is 1. The summed E-state index contributed by atoms with van der Waals surface area (Å²) in [5.41, 5.74) is 2.56. The minimum absolute atomic E-state index is 0.207. The van der Waals surface area contributed by atoms with Gasteiger partial charge in [-0.2, -0.15) is 0 Å². The molecule has 3 aromatic rings. The van der Waals surface area contributed by atoms with E-state index in [1.165, 1.54) is 7.11 Å². The summed E-state index contributed by atoms with van der Waals surface area (Å²) in [7, 11) is 1.50. The molecule has 2 aromatic carbocycles. The number of carbonyl (C=O) groups excluding carboxylic acids is 1. The van der Waals surface area contributed by atoms with Crippen molar-refractivity contribution in [3.05, 3.63) is 70.3 Å². The molecule has 0 spiro atoms. The minimum atomic E-state index is -0.590. The zero-order valence-corrected chi connectivity index (χ0v) is 15.5. The van der Waals surface area contributed by atoms with Crippen molar-refractivity contribution in [3.63, 3.8) is 0 Å². The van der Waals surface area contributed by atoms with E-state index in [2.05, 4.69) is 15.3 Å². The molecule has 8 heteroatoms. The quantitative estimate of drug-likeness (QED) is 0.622. The molecule has 1 aromatic heterocycles. The molecule has 2 heterocycles.